The summed E-state index contributed by atoms with van der Waals surface area (Å²) < 4.78 is 32.5. The summed E-state index contributed by atoms with van der Waals surface area (Å²) in [5.74, 6) is -0.129. The number of hydrogen-bond donors (Lipinski definition) is 0. The van der Waals surface area contributed by atoms with Crippen LogP contribution in [0.5, 0.6) is 0 Å². The summed E-state index contributed by atoms with van der Waals surface area (Å²) in [5.41, 5.74) is 1.28. The van der Waals surface area contributed by atoms with Gasteiger partial charge >= 0.3 is 8.80 Å². The maximum Gasteiger partial charge on any atom is 0.507 e. The average molecular weight is 367 g/mol. The Balaban J connectivity index is 1.87. The van der Waals surface area contributed by atoms with Gasteiger partial charge in [0.15, 0.2) is 0 Å². The maximum atomic E-state index is 13.8. The van der Waals surface area contributed by atoms with Gasteiger partial charge in [0.05, 0.1) is 0 Å². The van der Waals surface area contributed by atoms with Gasteiger partial charge in [0.25, 0.3) is 0 Å². The fourth-order valence-corrected chi connectivity index (χ4v) is 8.65. The summed E-state index contributed by atoms with van der Waals surface area (Å²) in [7, 11) is -2.73. The first-order chi connectivity index (χ1) is 12.1. The summed E-state index contributed by atoms with van der Waals surface area (Å²) in [6.45, 7) is 7.96. The predicted octanol–water partition coefficient (Wildman–Crippen LogP) is 5.22. The van der Waals surface area contributed by atoms with Crippen molar-refractivity contribution in [2.45, 2.75) is 69.7 Å². The van der Waals surface area contributed by atoms with Crippen molar-refractivity contribution < 1.29 is 17.7 Å². The molecule has 3 saturated carbocycles. The van der Waals surface area contributed by atoms with E-state index in [4.69, 9.17) is 13.3 Å². The van der Waals surface area contributed by atoms with Crippen molar-refractivity contribution in [3.8, 4) is 0 Å². The third kappa shape index (κ3) is 3.20. The van der Waals surface area contributed by atoms with Crippen LogP contribution in [0.4, 0.5) is 4.39 Å². The van der Waals surface area contributed by atoms with Crippen molar-refractivity contribution in [1.29, 1.82) is 0 Å². The Morgan fingerprint density at radius 1 is 0.880 bits per heavy atom. The smallest absolute Gasteiger partial charge is 0.373 e. The third-order valence-corrected chi connectivity index (χ3v) is 10.4. The Morgan fingerprint density at radius 3 is 1.84 bits per heavy atom. The van der Waals surface area contributed by atoms with Crippen LogP contribution in [0.25, 0.3) is 0 Å². The van der Waals surface area contributed by atoms with Gasteiger partial charge in [-0.25, -0.2) is 4.39 Å². The van der Waals surface area contributed by atoms with E-state index in [9.17, 15) is 4.39 Å². The second-order valence-electron chi connectivity index (χ2n) is 7.43. The van der Waals surface area contributed by atoms with Crippen molar-refractivity contribution in [3.05, 3.63) is 35.6 Å². The van der Waals surface area contributed by atoms with Crippen LogP contribution in [0.1, 0.15) is 64.9 Å². The molecule has 0 unspecified atom stereocenters. The minimum Gasteiger partial charge on any atom is -0.373 e. The lowest BCUT2D eigenvalue weighted by molar-refractivity contribution is 0.00609. The zero-order valence-corrected chi connectivity index (χ0v) is 16.8. The molecule has 25 heavy (non-hydrogen) atoms. The highest BCUT2D eigenvalue weighted by molar-refractivity contribution is 6.64. The molecule has 3 aliphatic carbocycles. The van der Waals surface area contributed by atoms with E-state index < -0.39 is 8.80 Å². The van der Waals surface area contributed by atoms with E-state index in [0.29, 0.717) is 19.8 Å². The second kappa shape index (κ2) is 7.47. The van der Waals surface area contributed by atoms with E-state index in [1.165, 1.54) is 6.07 Å². The summed E-state index contributed by atoms with van der Waals surface area (Å²) in [6.07, 6.45) is 6.36. The average Bonchev–Trinajstić information content (AvgIpc) is 2.64. The fraction of sp³-hybridized carbons (Fsp3) is 0.700. The molecule has 4 rings (SSSR count). The molecule has 1 aromatic carbocycles. The lowest BCUT2D eigenvalue weighted by Gasteiger charge is -2.57. The molecule has 3 fully saturated rings. The van der Waals surface area contributed by atoms with Gasteiger partial charge in [-0.15, -0.1) is 0 Å². The molecule has 2 bridgehead atoms. The highest BCUT2D eigenvalue weighted by Gasteiger charge is 2.65. The zero-order valence-electron chi connectivity index (χ0n) is 15.8. The maximum absolute atomic E-state index is 13.8. The van der Waals surface area contributed by atoms with Gasteiger partial charge in [0.2, 0.25) is 0 Å². The Labute approximate surface area is 152 Å². The Morgan fingerprint density at radius 2 is 1.40 bits per heavy atom. The molecule has 0 spiro atoms. The van der Waals surface area contributed by atoms with Crippen LogP contribution in [-0.2, 0) is 18.7 Å². The molecule has 0 N–H and O–H groups in total. The topological polar surface area (TPSA) is 27.7 Å². The first-order valence-corrected chi connectivity index (χ1v) is 11.5. The quantitative estimate of drug-likeness (QED) is 0.590. The molecule has 3 nitrogen and oxygen atoms in total. The largest absolute Gasteiger partial charge is 0.507 e. The van der Waals surface area contributed by atoms with Gasteiger partial charge in [-0.05, 0) is 82.4 Å². The van der Waals surface area contributed by atoms with Crippen molar-refractivity contribution in [1.82, 2.24) is 0 Å². The number of rotatable bonds is 8. The monoisotopic (exact) mass is 366 g/mol. The molecule has 5 heteroatoms. The number of fused-ring (bicyclic) bond motifs is 3. The fourth-order valence-electron chi connectivity index (χ4n) is 5.05. The second-order valence-corrected chi connectivity index (χ2v) is 10.5. The van der Waals surface area contributed by atoms with Crippen LogP contribution >= 0.6 is 0 Å². The van der Waals surface area contributed by atoms with Crippen LogP contribution in [0.15, 0.2) is 24.3 Å². The number of halogens is 1. The molecule has 140 valence electrons. The van der Waals surface area contributed by atoms with Crippen LogP contribution in [0.3, 0.4) is 0 Å². The first kappa shape index (κ1) is 19.0. The normalized spacial score (nSPS) is 29.1. The summed E-state index contributed by atoms with van der Waals surface area (Å²) in [6, 6.07) is 7.21. The SMILES string of the molecule is CCO[Si](OCC)(OCC)C12CCC(c3cccc(F)c3)(CC1)CC2. The van der Waals surface area contributed by atoms with E-state index in [2.05, 4.69) is 6.07 Å². The first-order valence-electron chi connectivity index (χ1n) is 9.73. The van der Waals surface area contributed by atoms with Crippen LogP contribution in [0.2, 0.25) is 5.04 Å². The minimum atomic E-state index is -2.73. The lowest BCUT2D eigenvalue weighted by Crippen LogP contribution is -2.61. The van der Waals surface area contributed by atoms with Gasteiger partial charge in [0.1, 0.15) is 5.82 Å². The van der Waals surface area contributed by atoms with Crippen LogP contribution in [-0.4, -0.2) is 28.6 Å². The molecule has 0 aromatic heterocycles. The third-order valence-electron chi connectivity index (χ3n) is 6.34. The summed E-state index contributed by atoms with van der Waals surface area (Å²) >= 11 is 0. The highest BCUT2D eigenvalue weighted by Crippen LogP contribution is 2.65. The molecule has 0 radical (unpaired) electrons. The number of hydrogen-bond acceptors (Lipinski definition) is 3. The van der Waals surface area contributed by atoms with Gasteiger partial charge in [-0.2, -0.15) is 0 Å². The van der Waals surface area contributed by atoms with Gasteiger partial charge < -0.3 is 13.3 Å². The summed E-state index contributed by atoms with van der Waals surface area (Å²) in [4.78, 5) is 0. The Hall–Kier alpha value is -0.753. The van der Waals surface area contributed by atoms with Gasteiger partial charge in [-0.1, -0.05) is 12.1 Å². The van der Waals surface area contributed by atoms with Gasteiger partial charge in [-0.3, -0.25) is 0 Å². The summed E-state index contributed by atoms with van der Waals surface area (Å²) in [5, 5.41) is 0.0319. The van der Waals surface area contributed by atoms with E-state index in [0.717, 1.165) is 44.1 Å². The Bertz CT molecular complexity index is 551. The molecule has 0 aliphatic heterocycles. The molecule has 0 heterocycles. The lowest BCUT2D eigenvalue weighted by atomic mass is 9.57. The predicted molar refractivity (Wildman–Crippen MR) is 99.1 cm³/mol. The van der Waals surface area contributed by atoms with E-state index in [1.807, 2.05) is 26.8 Å². The Kier molecular flexibility index (Phi) is 5.68. The molecule has 1 aromatic rings. The van der Waals surface area contributed by atoms with Crippen LogP contribution in [0, 0.1) is 5.82 Å². The highest BCUT2D eigenvalue weighted by atomic mass is 28.4. The molecule has 3 aliphatic rings. The minimum absolute atomic E-state index is 0.0319. The van der Waals surface area contributed by atoms with E-state index >= 15 is 0 Å². The standard InChI is InChI=1S/C20H31FO3Si/c1-4-22-25(23-5-2,24-6-3)20-13-10-19(11-14-20,12-15-20)17-8-7-9-18(21)16-17/h7-9,16H,4-6,10-15H2,1-3H3. The molecule has 0 saturated heterocycles. The van der Waals surface area contributed by atoms with Crippen molar-refractivity contribution in [2.24, 2.45) is 0 Å². The molecule has 0 atom stereocenters. The molecule has 0 amide bonds. The molecular weight excluding hydrogens is 335 g/mol. The van der Waals surface area contributed by atoms with Crippen molar-refractivity contribution in [3.63, 3.8) is 0 Å². The van der Waals surface area contributed by atoms with Gasteiger partial charge in [0, 0.05) is 24.9 Å². The van der Waals surface area contributed by atoms with E-state index in [1.54, 1.807) is 6.07 Å². The van der Waals surface area contributed by atoms with Crippen LogP contribution < -0.4 is 0 Å². The van der Waals surface area contributed by atoms with Crippen molar-refractivity contribution >= 4 is 8.80 Å². The number of benzene rings is 1. The zero-order chi connectivity index (χ0) is 18.0. The molecular formula is C20H31FO3Si. The van der Waals surface area contributed by atoms with E-state index in [-0.39, 0.29) is 16.3 Å². The van der Waals surface area contributed by atoms with Crippen molar-refractivity contribution in [2.75, 3.05) is 19.8 Å².